The highest BCUT2D eigenvalue weighted by Crippen LogP contribution is 2.23. The molecule has 268 valence electrons. The fraction of sp³-hybridized carbons (Fsp3) is 0.971. The van der Waals surface area contributed by atoms with Gasteiger partial charge in [0, 0.05) is 6.42 Å². The van der Waals surface area contributed by atoms with Crippen molar-refractivity contribution in [2.75, 3.05) is 13.2 Å². The zero-order valence-electron chi connectivity index (χ0n) is 28.5. The van der Waals surface area contributed by atoms with Crippen LogP contribution < -0.4 is 5.32 Å². The molecule has 1 amide bonds. The van der Waals surface area contributed by atoms with Crippen LogP contribution in [0, 0.1) is 0 Å². The molecule has 0 saturated carbocycles. The van der Waals surface area contributed by atoms with E-state index in [0.29, 0.717) is 6.42 Å². The largest absolute Gasteiger partial charge is 0.394 e. The zero-order chi connectivity index (χ0) is 33.3. The number of amides is 1. The maximum absolute atomic E-state index is 12.8. The van der Waals surface area contributed by atoms with Crippen LogP contribution in [-0.4, -0.2) is 98.7 Å². The van der Waals surface area contributed by atoms with Crippen molar-refractivity contribution < 1.29 is 44.9 Å². The summed E-state index contributed by atoms with van der Waals surface area (Å²) in [5.74, 6) is -0.261. The van der Waals surface area contributed by atoms with E-state index in [2.05, 4.69) is 19.2 Å². The highest BCUT2D eigenvalue weighted by molar-refractivity contribution is 5.76. The predicted octanol–water partition coefficient (Wildman–Crippen LogP) is 4.63. The number of hydrogen-bond donors (Lipinski definition) is 7. The molecule has 1 rings (SSSR count). The van der Waals surface area contributed by atoms with E-state index in [9.17, 15) is 35.4 Å². The van der Waals surface area contributed by atoms with Crippen LogP contribution in [0.1, 0.15) is 155 Å². The molecule has 1 saturated heterocycles. The van der Waals surface area contributed by atoms with Crippen LogP contribution in [-0.2, 0) is 14.3 Å². The zero-order valence-corrected chi connectivity index (χ0v) is 28.5. The van der Waals surface area contributed by atoms with E-state index < -0.39 is 55.6 Å². The summed E-state index contributed by atoms with van der Waals surface area (Å²) in [5, 5.41) is 64.5. The SMILES string of the molecule is CCCCCCCCCCCCCC(=O)N[C@@H](CO[C@H]1O[C@H](CO)[C@@H](O)[C@H](O)[C@H]1O)[C@H](O)[C@H](O)CCCCCCCCCCC. The Morgan fingerprint density at radius 1 is 0.689 bits per heavy atom. The van der Waals surface area contributed by atoms with E-state index in [0.717, 1.165) is 51.4 Å². The molecule has 0 bridgehead atoms. The average Bonchev–Trinajstić information content (AvgIpc) is 3.04. The molecular weight excluding hydrogens is 578 g/mol. The van der Waals surface area contributed by atoms with Crippen LogP contribution in [0.5, 0.6) is 0 Å². The molecule has 1 aliphatic rings. The number of aliphatic hydroxyl groups is 6. The molecule has 1 fully saturated rings. The Labute approximate surface area is 273 Å². The second-order valence-electron chi connectivity index (χ2n) is 13.2. The van der Waals surface area contributed by atoms with Gasteiger partial charge in [0.15, 0.2) is 6.29 Å². The van der Waals surface area contributed by atoms with Crippen LogP contribution in [0.4, 0.5) is 0 Å². The molecule has 0 radical (unpaired) electrons. The van der Waals surface area contributed by atoms with Crippen LogP contribution in [0.25, 0.3) is 0 Å². The first-order chi connectivity index (χ1) is 21.8. The standard InChI is InChI=1S/C35H69NO9/c1-3-5-7-9-11-13-14-16-18-20-22-24-30(39)36-27(26-44-35-34(43)33(42)32(41)29(25-37)45-35)31(40)28(38)23-21-19-17-15-12-10-8-6-4-2/h27-29,31-35,37-38,40-43H,3-26H2,1-2H3,(H,36,39)/t27-,28+,29+,31-,32+,33-,34+,35-/m0/s1. The number of rotatable bonds is 29. The summed E-state index contributed by atoms with van der Waals surface area (Å²) in [7, 11) is 0. The van der Waals surface area contributed by atoms with Crippen molar-refractivity contribution in [3.8, 4) is 0 Å². The van der Waals surface area contributed by atoms with Gasteiger partial charge in [-0.15, -0.1) is 0 Å². The number of carbonyl (C=O) groups excluding carboxylic acids is 1. The smallest absolute Gasteiger partial charge is 0.220 e. The number of aliphatic hydroxyl groups excluding tert-OH is 6. The minimum Gasteiger partial charge on any atom is -0.394 e. The first kappa shape index (κ1) is 42.2. The first-order valence-electron chi connectivity index (χ1n) is 18.3. The maximum Gasteiger partial charge on any atom is 0.220 e. The fourth-order valence-electron chi connectivity index (χ4n) is 5.96. The number of hydrogen-bond acceptors (Lipinski definition) is 9. The summed E-state index contributed by atoms with van der Waals surface area (Å²) in [4.78, 5) is 12.8. The maximum atomic E-state index is 12.8. The van der Waals surface area contributed by atoms with Crippen molar-refractivity contribution in [1.29, 1.82) is 0 Å². The third-order valence-corrected chi connectivity index (χ3v) is 9.05. The second-order valence-corrected chi connectivity index (χ2v) is 13.2. The van der Waals surface area contributed by atoms with Gasteiger partial charge in [-0.2, -0.15) is 0 Å². The third-order valence-electron chi connectivity index (χ3n) is 9.05. The average molecular weight is 648 g/mol. The number of carbonyl (C=O) groups is 1. The quantitative estimate of drug-likeness (QED) is 0.0572. The fourth-order valence-corrected chi connectivity index (χ4v) is 5.96. The Hall–Kier alpha value is -0.850. The highest BCUT2D eigenvalue weighted by Gasteiger charge is 2.44. The first-order valence-corrected chi connectivity index (χ1v) is 18.3. The summed E-state index contributed by atoms with van der Waals surface area (Å²) in [6.07, 6.45) is 14.1. The Morgan fingerprint density at radius 3 is 1.64 bits per heavy atom. The number of nitrogens with one attached hydrogen (secondary N) is 1. The molecular formula is C35H69NO9. The van der Waals surface area contributed by atoms with E-state index in [4.69, 9.17) is 9.47 Å². The van der Waals surface area contributed by atoms with E-state index >= 15 is 0 Å². The van der Waals surface area contributed by atoms with Crippen molar-refractivity contribution in [2.45, 2.75) is 204 Å². The Balaban J connectivity index is 2.53. The van der Waals surface area contributed by atoms with Crippen molar-refractivity contribution >= 4 is 5.91 Å². The van der Waals surface area contributed by atoms with Gasteiger partial charge in [0.05, 0.1) is 25.4 Å². The van der Waals surface area contributed by atoms with Gasteiger partial charge in [-0.05, 0) is 12.8 Å². The molecule has 0 aromatic heterocycles. The van der Waals surface area contributed by atoms with Gasteiger partial charge in [-0.1, -0.05) is 136 Å². The van der Waals surface area contributed by atoms with Crippen LogP contribution in [0.3, 0.4) is 0 Å². The summed E-state index contributed by atoms with van der Waals surface area (Å²) >= 11 is 0. The molecule has 0 aromatic carbocycles. The van der Waals surface area contributed by atoms with Gasteiger partial charge in [0.1, 0.15) is 30.5 Å². The minimum atomic E-state index is -1.60. The van der Waals surface area contributed by atoms with E-state index in [-0.39, 0.29) is 18.9 Å². The lowest BCUT2D eigenvalue weighted by Gasteiger charge is -2.40. The molecule has 8 atom stereocenters. The molecule has 45 heavy (non-hydrogen) atoms. The molecule has 10 heteroatoms. The van der Waals surface area contributed by atoms with Gasteiger partial charge < -0.3 is 45.4 Å². The lowest BCUT2D eigenvalue weighted by molar-refractivity contribution is -0.303. The topological polar surface area (TPSA) is 169 Å². The Bertz CT molecular complexity index is 698. The Morgan fingerprint density at radius 2 is 1.16 bits per heavy atom. The highest BCUT2D eigenvalue weighted by atomic mass is 16.7. The second kappa shape index (κ2) is 27.1. The number of unbranched alkanes of at least 4 members (excludes halogenated alkanes) is 18. The molecule has 0 aliphatic carbocycles. The predicted molar refractivity (Wildman–Crippen MR) is 177 cm³/mol. The summed E-state index contributed by atoms with van der Waals surface area (Å²) < 4.78 is 11.1. The van der Waals surface area contributed by atoms with E-state index in [1.807, 2.05) is 0 Å². The van der Waals surface area contributed by atoms with Crippen molar-refractivity contribution in [3.05, 3.63) is 0 Å². The molecule has 7 N–H and O–H groups in total. The van der Waals surface area contributed by atoms with Gasteiger partial charge in [-0.25, -0.2) is 0 Å². The monoisotopic (exact) mass is 647 g/mol. The molecule has 0 aromatic rings. The molecule has 0 spiro atoms. The van der Waals surface area contributed by atoms with Crippen LogP contribution in [0.15, 0.2) is 0 Å². The van der Waals surface area contributed by atoms with Gasteiger partial charge in [0.2, 0.25) is 5.91 Å². The summed E-state index contributed by atoms with van der Waals surface area (Å²) in [5.41, 5.74) is 0. The van der Waals surface area contributed by atoms with Gasteiger partial charge in [0.25, 0.3) is 0 Å². The van der Waals surface area contributed by atoms with Crippen molar-refractivity contribution in [1.82, 2.24) is 5.32 Å². The normalized spacial score (nSPS) is 24.0. The van der Waals surface area contributed by atoms with E-state index in [1.54, 1.807) is 0 Å². The summed E-state index contributed by atoms with van der Waals surface area (Å²) in [6.45, 7) is 3.53. The Kier molecular flexibility index (Phi) is 25.4. The molecule has 1 aliphatic heterocycles. The molecule has 0 unspecified atom stereocenters. The number of ether oxygens (including phenoxy) is 2. The lowest BCUT2D eigenvalue weighted by Crippen LogP contribution is -2.60. The summed E-state index contributed by atoms with van der Waals surface area (Å²) in [6, 6.07) is -0.980. The van der Waals surface area contributed by atoms with Gasteiger partial charge >= 0.3 is 0 Å². The van der Waals surface area contributed by atoms with Crippen LogP contribution >= 0.6 is 0 Å². The molecule has 10 nitrogen and oxygen atoms in total. The lowest BCUT2D eigenvalue weighted by atomic mass is 9.98. The van der Waals surface area contributed by atoms with Crippen LogP contribution in [0.2, 0.25) is 0 Å². The molecule has 1 heterocycles. The van der Waals surface area contributed by atoms with Crippen molar-refractivity contribution in [3.63, 3.8) is 0 Å². The minimum absolute atomic E-state index is 0.261. The van der Waals surface area contributed by atoms with Crippen molar-refractivity contribution in [2.24, 2.45) is 0 Å². The third kappa shape index (κ3) is 18.9. The van der Waals surface area contributed by atoms with E-state index in [1.165, 1.54) is 77.0 Å². The van der Waals surface area contributed by atoms with Gasteiger partial charge in [-0.3, -0.25) is 4.79 Å².